The van der Waals surface area contributed by atoms with Gasteiger partial charge in [-0.3, -0.25) is 4.79 Å². The zero-order valence-electron chi connectivity index (χ0n) is 15.2. The number of hydrogen-bond acceptors (Lipinski definition) is 4. The molecule has 0 radical (unpaired) electrons. The molecule has 1 N–H and O–H groups in total. The van der Waals surface area contributed by atoms with Gasteiger partial charge in [0.1, 0.15) is 17.6 Å². The van der Waals surface area contributed by atoms with Crippen molar-refractivity contribution in [1.29, 1.82) is 0 Å². The molecule has 0 fully saturated rings. The maximum Gasteiger partial charge on any atom is 0.225 e. The molecule has 0 saturated carbocycles. The minimum Gasteiger partial charge on any atom is -0.494 e. The zero-order chi connectivity index (χ0) is 19.2. The van der Waals surface area contributed by atoms with Gasteiger partial charge in [-0.15, -0.1) is 0 Å². The van der Waals surface area contributed by atoms with Gasteiger partial charge in [0.2, 0.25) is 11.8 Å². The molecular formula is C21H21FN2O3. The van der Waals surface area contributed by atoms with Crippen molar-refractivity contribution in [2.24, 2.45) is 0 Å². The molecule has 0 spiro atoms. The Morgan fingerprint density at radius 3 is 2.56 bits per heavy atom. The second-order valence-corrected chi connectivity index (χ2v) is 6.11. The predicted octanol–water partition coefficient (Wildman–Crippen LogP) is 4.30. The van der Waals surface area contributed by atoms with E-state index >= 15 is 0 Å². The Bertz CT molecular complexity index is 889. The van der Waals surface area contributed by atoms with Crippen molar-refractivity contribution < 1.29 is 18.3 Å². The van der Waals surface area contributed by atoms with Crippen LogP contribution in [0.3, 0.4) is 0 Å². The number of rotatable bonds is 7. The molecule has 0 saturated heterocycles. The van der Waals surface area contributed by atoms with Crippen LogP contribution >= 0.6 is 0 Å². The summed E-state index contributed by atoms with van der Waals surface area (Å²) in [4.78, 5) is 16.5. The maximum absolute atomic E-state index is 13.0. The van der Waals surface area contributed by atoms with Gasteiger partial charge in [0.25, 0.3) is 0 Å². The average Bonchev–Trinajstić information content (AvgIpc) is 3.14. The minimum absolute atomic E-state index is 0.131. The third-order valence-corrected chi connectivity index (χ3v) is 4.00. The second kappa shape index (κ2) is 8.49. The van der Waals surface area contributed by atoms with Crippen LogP contribution in [-0.2, 0) is 11.2 Å². The molecule has 0 aliphatic rings. The van der Waals surface area contributed by atoms with E-state index in [1.54, 1.807) is 25.3 Å². The lowest BCUT2D eigenvalue weighted by Gasteiger charge is -2.11. The number of benzene rings is 2. The third-order valence-electron chi connectivity index (χ3n) is 4.00. The normalized spacial score (nSPS) is 11.8. The molecule has 0 aliphatic heterocycles. The Balaban J connectivity index is 1.59. The van der Waals surface area contributed by atoms with Crippen LogP contribution in [0.15, 0.2) is 59.1 Å². The van der Waals surface area contributed by atoms with Crippen LogP contribution < -0.4 is 10.1 Å². The van der Waals surface area contributed by atoms with Crippen molar-refractivity contribution in [2.45, 2.75) is 26.3 Å². The van der Waals surface area contributed by atoms with Crippen molar-refractivity contribution in [3.63, 3.8) is 0 Å². The highest BCUT2D eigenvalue weighted by Gasteiger charge is 2.16. The van der Waals surface area contributed by atoms with Gasteiger partial charge >= 0.3 is 0 Å². The van der Waals surface area contributed by atoms with E-state index in [1.807, 2.05) is 31.2 Å². The molecule has 1 unspecified atom stereocenters. The molecule has 2 aromatic carbocycles. The lowest BCUT2D eigenvalue weighted by molar-refractivity contribution is -0.121. The number of halogens is 1. The first kappa shape index (κ1) is 18.6. The summed E-state index contributed by atoms with van der Waals surface area (Å²) in [5.74, 6) is 1.26. The van der Waals surface area contributed by atoms with E-state index in [4.69, 9.17) is 9.15 Å². The Kier molecular flexibility index (Phi) is 5.86. The largest absolute Gasteiger partial charge is 0.494 e. The highest BCUT2D eigenvalue weighted by molar-refractivity contribution is 5.78. The number of aromatic nitrogens is 1. The fourth-order valence-corrected chi connectivity index (χ4v) is 2.65. The Hall–Kier alpha value is -3.15. The molecule has 6 heteroatoms. The number of nitrogens with zero attached hydrogens (tertiary/aromatic N) is 1. The lowest BCUT2D eigenvalue weighted by atomic mass is 10.1. The van der Waals surface area contributed by atoms with E-state index in [1.165, 1.54) is 12.1 Å². The summed E-state index contributed by atoms with van der Waals surface area (Å²) in [5, 5.41) is 2.87. The number of carbonyl (C=O) groups is 1. The summed E-state index contributed by atoms with van der Waals surface area (Å²) in [7, 11) is 0. The highest BCUT2D eigenvalue weighted by Crippen LogP contribution is 2.23. The molecule has 1 aromatic heterocycles. The Morgan fingerprint density at radius 2 is 1.89 bits per heavy atom. The Morgan fingerprint density at radius 1 is 1.19 bits per heavy atom. The number of carbonyl (C=O) groups excluding carboxylic acids is 1. The lowest BCUT2D eigenvalue weighted by Crippen LogP contribution is -2.28. The van der Waals surface area contributed by atoms with Crippen LogP contribution in [0.1, 0.15) is 31.3 Å². The van der Waals surface area contributed by atoms with Crippen molar-refractivity contribution >= 4 is 5.91 Å². The van der Waals surface area contributed by atoms with Crippen LogP contribution in [0.25, 0.3) is 11.3 Å². The topological polar surface area (TPSA) is 64.4 Å². The van der Waals surface area contributed by atoms with Crippen molar-refractivity contribution in [1.82, 2.24) is 10.3 Å². The van der Waals surface area contributed by atoms with Gasteiger partial charge in [-0.2, -0.15) is 0 Å². The first-order chi connectivity index (χ1) is 13.0. The summed E-state index contributed by atoms with van der Waals surface area (Å²) in [6.45, 7) is 4.33. The smallest absolute Gasteiger partial charge is 0.225 e. The standard InChI is InChI=1S/C21H21FN2O3/c1-3-26-18-10-4-15(5-11-18)12-20(25)24-14(2)21-23-13-19(27-21)16-6-8-17(22)9-7-16/h4-11,13-14H,3,12H2,1-2H3,(H,24,25). The van der Waals surface area contributed by atoms with E-state index in [0.717, 1.165) is 16.9 Å². The summed E-state index contributed by atoms with van der Waals surface area (Å²) < 4.78 is 24.1. The second-order valence-electron chi connectivity index (χ2n) is 6.11. The third kappa shape index (κ3) is 4.94. The molecule has 0 aliphatic carbocycles. The molecule has 1 amide bonds. The highest BCUT2D eigenvalue weighted by atomic mass is 19.1. The molecule has 140 valence electrons. The van der Waals surface area contributed by atoms with E-state index in [-0.39, 0.29) is 24.2 Å². The van der Waals surface area contributed by atoms with Crippen LogP contribution in [0, 0.1) is 5.82 Å². The van der Waals surface area contributed by atoms with E-state index in [9.17, 15) is 9.18 Å². The first-order valence-electron chi connectivity index (χ1n) is 8.78. The first-order valence-corrected chi connectivity index (χ1v) is 8.78. The molecule has 0 bridgehead atoms. The quantitative estimate of drug-likeness (QED) is 0.675. The summed E-state index contributed by atoms with van der Waals surface area (Å²) in [5.41, 5.74) is 1.62. The predicted molar refractivity (Wildman–Crippen MR) is 99.8 cm³/mol. The van der Waals surface area contributed by atoms with Gasteiger partial charge < -0.3 is 14.5 Å². The van der Waals surface area contributed by atoms with Gasteiger partial charge in [-0.1, -0.05) is 12.1 Å². The van der Waals surface area contributed by atoms with Crippen LogP contribution in [0.5, 0.6) is 5.75 Å². The van der Waals surface area contributed by atoms with Gasteiger partial charge in [0.15, 0.2) is 5.76 Å². The summed E-state index contributed by atoms with van der Waals surface area (Å²) in [6.07, 6.45) is 1.82. The van der Waals surface area contributed by atoms with Crippen molar-refractivity contribution in [3.8, 4) is 17.1 Å². The SMILES string of the molecule is CCOc1ccc(CC(=O)NC(C)c2ncc(-c3ccc(F)cc3)o2)cc1. The minimum atomic E-state index is -0.380. The zero-order valence-corrected chi connectivity index (χ0v) is 15.2. The maximum atomic E-state index is 13.0. The fraction of sp³-hybridized carbons (Fsp3) is 0.238. The summed E-state index contributed by atoms with van der Waals surface area (Å²) >= 11 is 0. The molecular weight excluding hydrogens is 347 g/mol. The van der Waals surface area contributed by atoms with E-state index in [0.29, 0.717) is 18.3 Å². The van der Waals surface area contributed by atoms with Gasteiger partial charge in [0.05, 0.1) is 19.2 Å². The van der Waals surface area contributed by atoms with Crippen LogP contribution in [0.4, 0.5) is 4.39 Å². The molecule has 3 aromatic rings. The van der Waals surface area contributed by atoms with Crippen LogP contribution in [-0.4, -0.2) is 17.5 Å². The fourth-order valence-electron chi connectivity index (χ4n) is 2.65. The van der Waals surface area contributed by atoms with Gasteiger partial charge in [0, 0.05) is 5.56 Å². The Labute approximate surface area is 157 Å². The molecule has 3 rings (SSSR count). The number of hydrogen-bond donors (Lipinski definition) is 1. The monoisotopic (exact) mass is 368 g/mol. The molecule has 1 atom stereocenters. The van der Waals surface area contributed by atoms with E-state index < -0.39 is 0 Å². The number of ether oxygens (including phenoxy) is 1. The average molecular weight is 368 g/mol. The molecule has 27 heavy (non-hydrogen) atoms. The van der Waals surface area contributed by atoms with Crippen LogP contribution in [0.2, 0.25) is 0 Å². The van der Waals surface area contributed by atoms with Crippen molar-refractivity contribution in [3.05, 3.63) is 72.0 Å². The molecule has 1 heterocycles. The number of oxazole rings is 1. The summed E-state index contributed by atoms with van der Waals surface area (Å²) in [6, 6.07) is 13.0. The van der Waals surface area contributed by atoms with Crippen molar-refractivity contribution in [2.75, 3.05) is 6.61 Å². The van der Waals surface area contributed by atoms with Gasteiger partial charge in [-0.25, -0.2) is 9.37 Å². The number of amides is 1. The van der Waals surface area contributed by atoms with E-state index in [2.05, 4.69) is 10.3 Å². The van der Waals surface area contributed by atoms with Gasteiger partial charge in [-0.05, 0) is 55.8 Å². The molecule has 5 nitrogen and oxygen atoms in total. The number of nitrogens with one attached hydrogen (secondary N) is 1.